The van der Waals surface area contributed by atoms with Gasteiger partial charge in [0.05, 0.1) is 6.16 Å². The van der Waals surface area contributed by atoms with E-state index in [1.165, 1.54) is 19.3 Å². The largest absolute Gasteiger partial charge is 0.325 e. The Balaban J connectivity index is 2.16. The van der Waals surface area contributed by atoms with E-state index in [1.54, 1.807) is 0 Å². The van der Waals surface area contributed by atoms with Gasteiger partial charge in [-0.25, -0.2) is 0 Å². The van der Waals surface area contributed by atoms with Crippen LogP contribution < -0.4 is 0 Å². The van der Waals surface area contributed by atoms with Crippen LogP contribution in [-0.4, -0.2) is 15.9 Å². The van der Waals surface area contributed by atoms with Gasteiger partial charge in [-0.2, -0.15) is 0 Å². The summed E-state index contributed by atoms with van der Waals surface area (Å²) >= 11 is 0. The van der Waals surface area contributed by atoms with Crippen molar-refractivity contribution in [3.05, 3.63) is 0 Å². The van der Waals surface area contributed by atoms with Crippen LogP contribution in [0.25, 0.3) is 0 Å². The topological polar surface area (TPSA) is 57.5 Å². The van der Waals surface area contributed by atoms with Gasteiger partial charge in [-0.3, -0.25) is 4.57 Å². The highest BCUT2D eigenvalue weighted by Crippen LogP contribution is 2.62. The average molecular weight is 218 g/mol. The summed E-state index contributed by atoms with van der Waals surface area (Å²) in [5, 5.41) is 0. The molecule has 2 saturated carbocycles. The SMILES string of the molecule is CC1(C)[C@H]2CC[C@H](C2)[C@H]1CP(=O)(O)O. The third-order valence-electron chi connectivity index (χ3n) is 4.48. The van der Waals surface area contributed by atoms with Gasteiger partial charge < -0.3 is 9.79 Å². The van der Waals surface area contributed by atoms with E-state index in [-0.39, 0.29) is 17.5 Å². The van der Waals surface area contributed by atoms with E-state index < -0.39 is 7.60 Å². The molecule has 2 aliphatic carbocycles. The molecule has 0 heterocycles. The van der Waals surface area contributed by atoms with Crippen molar-refractivity contribution >= 4 is 7.60 Å². The molecule has 0 radical (unpaired) electrons. The van der Waals surface area contributed by atoms with Crippen LogP contribution in [0, 0.1) is 23.2 Å². The van der Waals surface area contributed by atoms with E-state index in [1.807, 2.05) is 0 Å². The maximum absolute atomic E-state index is 11.0. The van der Waals surface area contributed by atoms with Gasteiger partial charge in [-0.05, 0) is 42.4 Å². The predicted molar refractivity (Wildman–Crippen MR) is 55.0 cm³/mol. The molecule has 0 aromatic heterocycles. The van der Waals surface area contributed by atoms with E-state index in [0.29, 0.717) is 11.8 Å². The molecule has 0 aliphatic heterocycles. The van der Waals surface area contributed by atoms with Crippen LogP contribution in [0.4, 0.5) is 0 Å². The van der Waals surface area contributed by atoms with E-state index in [9.17, 15) is 4.57 Å². The van der Waals surface area contributed by atoms with Crippen molar-refractivity contribution in [2.24, 2.45) is 23.2 Å². The zero-order chi connectivity index (χ0) is 10.6. The highest BCUT2D eigenvalue weighted by Gasteiger charge is 2.53. The Morgan fingerprint density at radius 3 is 2.43 bits per heavy atom. The van der Waals surface area contributed by atoms with Gasteiger partial charge in [-0.1, -0.05) is 13.8 Å². The van der Waals surface area contributed by atoms with Crippen molar-refractivity contribution in [3.8, 4) is 0 Å². The quantitative estimate of drug-likeness (QED) is 0.699. The van der Waals surface area contributed by atoms with Crippen LogP contribution in [0.3, 0.4) is 0 Å². The van der Waals surface area contributed by atoms with E-state index in [2.05, 4.69) is 13.8 Å². The summed E-state index contributed by atoms with van der Waals surface area (Å²) in [5.74, 6) is 1.51. The van der Waals surface area contributed by atoms with E-state index in [0.717, 1.165) is 0 Å². The molecule has 0 saturated heterocycles. The first-order chi connectivity index (χ1) is 6.31. The molecular formula is C10H19O3P. The number of rotatable bonds is 2. The zero-order valence-electron chi connectivity index (χ0n) is 8.81. The fraction of sp³-hybridized carbons (Fsp3) is 1.00. The Labute approximate surface area is 85.1 Å². The van der Waals surface area contributed by atoms with Crippen molar-refractivity contribution in [3.63, 3.8) is 0 Å². The Morgan fingerprint density at radius 1 is 1.36 bits per heavy atom. The van der Waals surface area contributed by atoms with Gasteiger partial charge in [0.1, 0.15) is 0 Å². The lowest BCUT2D eigenvalue weighted by atomic mass is 9.69. The Kier molecular flexibility index (Phi) is 2.34. The van der Waals surface area contributed by atoms with Crippen LogP contribution in [-0.2, 0) is 4.57 Å². The average Bonchev–Trinajstić information content (AvgIpc) is 2.51. The second-order valence-electron chi connectivity index (χ2n) is 5.55. The molecule has 2 rings (SSSR count). The smallest absolute Gasteiger partial charge is 0.324 e. The molecule has 14 heavy (non-hydrogen) atoms. The second-order valence-corrected chi connectivity index (χ2v) is 7.24. The lowest BCUT2D eigenvalue weighted by Crippen LogP contribution is -2.33. The molecule has 3 atom stereocenters. The molecule has 0 aromatic carbocycles. The third kappa shape index (κ3) is 1.66. The molecule has 2 bridgehead atoms. The Bertz CT molecular complexity index is 281. The standard InChI is InChI=1S/C10H19O3P/c1-10(2)8-4-3-7(5-8)9(10)6-14(11,12)13/h7-9H,3-6H2,1-2H3,(H2,11,12,13)/t7-,8+,9-/m1/s1. The first-order valence-electron chi connectivity index (χ1n) is 5.35. The maximum atomic E-state index is 11.0. The fourth-order valence-electron chi connectivity index (χ4n) is 3.61. The Hall–Kier alpha value is 0.150. The highest BCUT2D eigenvalue weighted by atomic mass is 31.2. The summed E-state index contributed by atoms with van der Waals surface area (Å²) in [6.45, 7) is 4.36. The van der Waals surface area contributed by atoms with Gasteiger partial charge in [0.25, 0.3) is 0 Å². The molecule has 2 fully saturated rings. The number of hydrogen-bond donors (Lipinski definition) is 2. The highest BCUT2D eigenvalue weighted by molar-refractivity contribution is 7.51. The van der Waals surface area contributed by atoms with Gasteiger partial charge in [0.2, 0.25) is 0 Å². The van der Waals surface area contributed by atoms with Gasteiger partial charge in [0, 0.05) is 0 Å². The zero-order valence-corrected chi connectivity index (χ0v) is 9.70. The van der Waals surface area contributed by atoms with E-state index >= 15 is 0 Å². The van der Waals surface area contributed by atoms with Crippen LogP contribution in [0.1, 0.15) is 33.1 Å². The minimum atomic E-state index is -3.82. The third-order valence-corrected chi connectivity index (χ3v) is 5.35. The summed E-state index contributed by atoms with van der Waals surface area (Å²) in [6, 6.07) is 0. The molecule has 0 amide bonds. The normalized spacial score (nSPS) is 40.4. The molecule has 3 nitrogen and oxygen atoms in total. The first-order valence-corrected chi connectivity index (χ1v) is 7.15. The van der Waals surface area contributed by atoms with Gasteiger partial charge in [-0.15, -0.1) is 0 Å². The minimum Gasteiger partial charge on any atom is -0.324 e. The molecule has 82 valence electrons. The molecule has 2 aliphatic rings. The fourth-order valence-corrected chi connectivity index (χ4v) is 4.89. The molecular weight excluding hydrogens is 199 g/mol. The van der Waals surface area contributed by atoms with Crippen LogP contribution >= 0.6 is 7.60 Å². The molecule has 2 N–H and O–H groups in total. The maximum Gasteiger partial charge on any atom is 0.325 e. The summed E-state index contributed by atoms with van der Waals surface area (Å²) in [4.78, 5) is 18.1. The molecule has 0 spiro atoms. The lowest BCUT2D eigenvalue weighted by Gasteiger charge is -2.38. The van der Waals surface area contributed by atoms with Crippen molar-refractivity contribution in [1.29, 1.82) is 0 Å². The van der Waals surface area contributed by atoms with Crippen LogP contribution in [0.15, 0.2) is 0 Å². The summed E-state index contributed by atoms with van der Waals surface area (Å²) in [5.41, 5.74) is 0.143. The second kappa shape index (κ2) is 3.07. The van der Waals surface area contributed by atoms with Crippen molar-refractivity contribution < 1.29 is 14.4 Å². The molecule has 0 unspecified atom stereocenters. The summed E-state index contributed by atoms with van der Waals surface area (Å²) < 4.78 is 11.0. The number of hydrogen-bond acceptors (Lipinski definition) is 1. The minimum absolute atomic E-state index is 0.0984. The first kappa shape index (κ1) is 10.7. The van der Waals surface area contributed by atoms with Gasteiger partial charge in [0.15, 0.2) is 0 Å². The van der Waals surface area contributed by atoms with Crippen LogP contribution in [0.5, 0.6) is 0 Å². The number of fused-ring (bicyclic) bond motifs is 2. The van der Waals surface area contributed by atoms with Crippen molar-refractivity contribution in [1.82, 2.24) is 0 Å². The van der Waals surface area contributed by atoms with Crippen molar-refractivity contribution in [2.75, 3.05) is 6.16 Å². The van der Waals surface area contributed by atoms with E-state index in [4.69, 9.17) is 9.79 Å². The summed E-state index contributed by atoms with van der Waals surface area (Å²) in [6.07, 6.45) is 3.73. The Morgan fingerprint density at radius 2 is 2.00 bits per heavy atom. The monoisotopic (exact) mass is 218 g/mol. The summed E-state index contributed by atoms with van der Waals surface area (Å²) in [7, 11) is -3.82. The molecule has 4 heteroatoms. The van der Waals surface area contributed by atoms with Crippen LogP contribution in [0.2, 0.25) is 0 Å². The predicted octanol–water partition coefficient (Wildman–Crippen LogP) is 2.24. The van der Waals surface area contributed by atoms with Gasteiger partial charge >= 0.3 is 7.60 Å². The lowest BCUT2D eigenvalue weighted by molar-refractivity contribution is 0.134. The van der Waals surface area contributed by atoms with Crippen molar-refractivity contribution in [2.45, 2.75) is 33.1 Å². The molecule has 0 aromatic rings.